The normalized spacial score (nSPS) is 15.8. The number of carbonyl (C=O) groups excluding carboxylic acids is 1. The molecule has 176 valence electrons. The van der Waals surface area contributed by atoms with E-state index < -0.39 is 17.6 Å². The predicted molar refractivity (Wildman–Crippen MR) is 115 cm³/mol. The van der Waals surface area contributed by atoms with Crippen molar-refractivity contribution in [2.75, 3.05) is 56.4 Å². The van der Waals surface area contributed by atoms with Crippen LogP contribution in [0.3, 0.4) is 0 Å². The van der Waals surface area contributed by atoms with E-state index in [1.165, 1.54) is 6.07 Å². The number of hydrogen-bond donors (Lipinski definition) is 1. The van der Waals surface area contributed by atoms with E-state index in [1.54, 1.807) is 0 Å². The lowest BCUT2D eigenvalue weighted by molar-refractivity contribution is -0.137. The highest BCUT2D eigenvalue weighted by atomic mass is 32.2. The molecule has 2 heterocycles. The van der Waals surface area contributed by atoms with E-state index in [4.69, 9.17) is 9.15 Å². The van der Waals surface area contributed by atoms with E-state index in [9.17, 15) is 18.0 Å². The Hall–Kier alpha value is -2.31. The summed E-state index contributed by atoms with van der Waals surface area (Å²) in [5.41, 5.74) is -0.193. The van der Waals surface area contributed by atoms with E-state index in [-0.39, 0.29) is 22.7 Å². The standard InChI is InChI=1S/C20H26F3N5O3S/c1-4-15(27(2)3)18-25-26-19(31-18)32-12-17(29)24-14-11-13(20(21,22)23)5-6-16(14)28-7-9-30-10-8-28/h5-6,11,15H,4,7-10,12H2,1-3H3,(H,24,29)/t15-/m0/s1. The molecule has 0 unspecified atom stereocenters. The number of nitrogens with zero attached hydrogens (tertiary/aromatic N) is 4. The van der Waals surface area contributed by atoms with Gasteiger partial charge in [-0.3, -0.25) is 9.69 Å². The Morgan fingerprint density at radius 2 is 2.00 bits per heavy atom. The zero-order valence-corrected chi connectivity index (χ0v) is 18.9. The first-order valence-electron chi connectivity index (χ1n) is 10.2. The van der Waals surface area contributed by atoms with Crippen molar-refractivity contribution in [2.24, 2.45) is 0 Å². The molecule has 2 aromatic rings. The van der Waals surface area contributed by atoms with Gasteiger partial charge in [0.25, 0.3) is 5.22 Å². The van der Waals surface area contributed by atoms with E-state index in [0.717, 1.165) is 30.3 Å². The summed E-state index contributed by atoms with van der Waals surface area (Å²) in [6.45, 7) is 3.98. The number of thioether (sulfide) groups is 1. The van der Waals surface area contributed by atoms with Gasteiger partial charge in [0.1, 0.15) is 0 Å². The van der Waals surface area contributed by atoms with Gasteiger partial charge in [-0.15, -0.1) is 10.2 Å². The fourth-order valence-corrected chi connectivity index (χ4v) is 3.95. The zero-order valence-electron chi connectivity index (χ0n) is 18.1. The predicted octanol–water partition coefficient (Wildman–Crippen LogP) is 3.67. The number of nitrogens with one attached hydrogen (secondary N) is 1. The molecule has 3 rings (SSSR count). The van der Waals surface area contributed by atoms with Gasteiger partial charge in [-0.05, 0) is 38.7 Å². The molecule has 1 aliphatic rings. The number of hydrogen-bond acceptors (Lipinski definition) is 8. The summed E-state index contributed by atoms with van der Waals surface area (Å²) < 4.78 is 50.6. The summed E-state index contributed by atoms with van der Waals surface area (Å²) in [6, 6.07) is 3.32. The molecule has 1 atom stereocenters. The van der Waals surface area contributed by atoms with Crippen molar-refractivity contribution >= 4 is 29.0 Å². The number of alkyl halides is 3. The summed E-state index contributed by atoms with van der Waals surface area (Å²) in [6.07, 6.45) is -3.74. The molecule has 0 radical (unpaired) electrons. The highest BCUT2D eigenvalue weighted by molar-refractivity contribution is 7.99. The van der Waals surface area contributed by atoms with Crippen LogP contribution in [0, 0.1) is 0 Å². The number of rotatable bonds is 8. The Labute approximate surface area is 188 Å². The first-order chi connectivity index (χ1) is 15.2. The van der Waals surface area contributed by atoms with Crippen LogP contribution in [0.1, 0.15) is 30.8 Å². The van der Waals surface area contributed by atoms with Crippen LogP contribution in [0.5, 0.6) is 0 Å². The number of benzene rings is 1. The molecular formula is C20H26F3N5O3S. The van der Waals surface area contributed by atoms with E-state index in [1.807, 2.05) is 30.8 Å². The summed E-state index contributed by atoms with van der Waals surface area (Å²) in [4.78, 5) is 16.4. The van der Waals surface area contributed by atoms with Gasteiger partial charge in [0.2, 0.25) is 11.8 Å². The Balaban J connectivity index is 1.70. The fraction of sp³-hybridized carbons (Fsp3) is 0.550. The van der Waals surface area contributed by atoms with E-state index in [0.29, 0.717) is 37.9 Å². The summed E-state index contributed by atoms with van der Waals surface area (Å²) >= 11 is 1.03. The van der Waals surface area contributed by atoms with Crippen LogP contribution in [0.4, 0.5) is 24.5 Å². The number of halogens is 3. The van der Waals surface area contributed by atoms with Crippen LogP contribution in [-0.2, 0) is 15.7 Å². The lowest BCUT2D eigenvalue weighted by Crippen LogP contribution is -2.37. The molecule has 0 spiro atoms. The highest BCUT2D eigenvalue weighted by Crippen LogP contribution is 2.36. The maximum absolute atomic E-state index is 13.2. The Bertz CT molecular complexity index is 916. The zero-order chi connectivity index (χ0) is 23.3. The molecule has 1 aliphatic heterocycles. The lowest BCUT2D eigenvalue weighted by atomic mass is 10.1. The second-order valence-electron chi connectivity index (χ2n) is 7.46. The number of ether oxygens (including phenoxy) is 1. The molecule has 0 saturated carbocycles. The lowest BCUT2D eigenvalue weighted by Gasteiger charge is -2.31. The second-order valence-corrected chi connectivity index (χ2v) is 8.39. The summed E-state index contributed by atoms with van der Waals surface area (Å²) in [5.74, 6) is -0.102. The van der Waals surface area contributed by atoms with Crippen molar-refractivity contribution in [2.45, 2.75) is 30.8 Å². The van der Waals surface area contributed by atoms with Crippen molar-refractivity contribution in [3.05, 3.63) is 29.7 Å². The molecular weight excluding hydrogens is 447 g/mol. The Morgan fingerprint density at radius 1 is 1.28 bits per heavy atom. The van der Waals surface area contributed by atoms with Crippen LogP contribution in [0.25, 0.3) is 0 Å². The minimum atomic E-state index is -4.51. The van der Waals surface area contributed by atoms with Gasteiger partial charge in [-0.25, -0.2) is 0 Å². The van der Waals surface area contributed by atoms with Crippen LogP contribution >= 0.6 is 11.8 Å². The van der Waals surface area contributed by atoms with Crippen molar-refractivity contribution < 1.29 is 27.1 Å². The Morgan fingerprint density at radius 3 is 2.62 bits per heavy atom. The number of anilines is 2. The number of carbonyl (C=O) groups is 1. The molecule has 32 heavy (non-hydrogen) atoms. The van der Waals surface area contributed by atoms with Gasteiger partial charge in [-0.2, -0.15) is 13.2 Å². The van der Waals surface area contributed by atoms with E-state index in [2.05, 4.69) is 15.5 Å². The monoisotopic (exact) mass is 473 g/mol. The largest absolute Gasteiger partial charge is 0.416 e. The molecule has 1 aromatic carbocycles. The van der Waals surface area contributed by atoms with Gasteiger partial charge in [-0.1, -0.05) is 18.7 Å². The second kappa shape index (κ2) is 10.5. The molecule has 0 aliphatic carbocycles. The number of morpholine rings is 1. The van der Waals surface area contributed by atoms with Crippen LogP contribution in [0.15, 0.2) is 27.8 Å². The first-order valence-corrected chi connectivity index (χ1v) is 11.1. The van der Waals surface area contributed by atoms with Crippen LogP contribution < -0.4 is 10.2 Å². The summed E-state index contributed by atoms with van der Waals surface area (Å²) in [5, 5.41) is 10.8. The van der Waals surface area contributed by atoms with Gasteiger partial charge < -0.3 is 19.4 Å². The van der Waals surface area contributed by atoms with Crippen LogP contribution in [0.2, 0.25) is 0 Å². The SMILES string of the molecule is CC[C@@H](c1nnc(SCC(=O)Nc2cc(C(F)(F)F)ccc2N2CCOCC2)o1)N(C)C. The van der Waals surface area contributed by atoms with Gasteiger partial charge in [0.15, 0.2) is 0 Å². The molecule has 1 saturated heterocycles. The van der Waals surface area contributed by atoms with Crippen molar-refractivity contribution in [3.63, 3.8) is 0 Å². The van der Waals surface area contributed by atoms with Crippen molar-refractivity contribution in [1.29, 1.82) is 0 Å². The van der Waals surface area contributed by atoms with E-state index >= 15 is 0 Å². The van der Waals surface area contributed by atoms with Crippen molar-refractivity contribution in [1.82, 2.24) is 15.1 Å². The number of amides is 1. The Kier molecular flexibility index (Phi) is 8.01. The first kappa shape index (κ1) is 24.3. The molecule has 8 nitrogen and oxygen atoms in total. The number of aromatic nitrogens is 2. The minimum absolute atomic E-state index is 0.0353. The molecule has 1 N–H and O–H groups in total. The van der Waals surface area contributed by atoms with Gasteiger partial charge in [0.05, 0.1) is 41.9 Å². The maximum Gasteiger partial charge on any atom is 0.416 e. The average Bonchev–Trinajstić information content (AvgIpc) is 3.21. The third-order valence-corrected chi connectivity index (χ3v) is 5.81. The topological polar surface area (TPSA) is 83.7 Å². The smallest absolute Gasteiger partial charge is 0.414 e. The molecule has 1 fully saturated rings. The minimum Gasteiger partial charge on any atom is -0.414 e. The molecule has 0 bridgehead atoms. The fourth-order valence-electron chi connectivity index (χ4n) is 3.38. The third kappa shape index (κ3) is 6.14. The van der Waals surface area contributed by atoms with Gasteiger partial charge >= 0.3 is 6.18 Å². The van der Waals surface area contributed by atoms with Crippen LogP contribution in [-0.4, -0.2) is 67.2 Å². The summed E-state index contributed by atoms with van der Waals surface area (Å²) in [7, 11) is 3.81. The molecule has 12 heteroatoms. The highest BCUT2D eigenvalue weighted by Gasteiger charge is 2.32. The third-order valence-electron chi connectivity index (χ3n) is 4.99. The van der Waals surface area contributed by atoms with Gasteiger partial charge in [0, 0.05) is 13.1 Å². The maximum atomic E-state index is 13.2. The molecule has 1 amide bonds. The average molecular weight is 474 g/mol. The molecule has 1 aromatic heterocycles. The van der Waals surface area contributed by atoms with Crippen molar-refractivity contribution in [3.8, 4) is 0 Å². The quantitative estimate of drug-likeness (QED) is 0.582.